The molecule has 6 nitrogen and oxygen atoms in total. The molecule has 6 heteroatoms. The average Bonchev–Trinajstić information content (AvgIpc) is 3.43. The van der Waals surface area contributed by atoms with E-state index in [0.717, 1.165) is 44.9 Å². The van der Waals surface area contributed by atoms with E-state index >= 15 is 0 Å². The summed E-state index contributed by atoms with van der Waals surface area (Å²) in [4.78, 5) is 24.6. The number of ether oxygens (including phenoxy) is 1. The van der Waals surface area contributed by atoms with Gasteiger partial charge in [0, 0.05) is 12.8 Å². The van der Waals surface area contributed by atoms with Crippen molar-refractivity contribution >= 4 is 11.9 Å². The number of unbranched alkanes of at least 4 members (excludes halogenated alkanes) is 50. The summed E-state index contributed by atoms with van der Waals surface area (Å²) in [5, 5.41) is 23.1. The Balaban J connectivity index is 3.35. The van der Waals surface area contributed by atoms with Crippen LogP contribution in [0.3, 0.4) is 0 Å². The van der Waals surface area contributed by atoms with Crippen LogP contribution in [0.15, 0.2) is 36.5 Å². The molecule has 0 spiro atoms. The average molecular weight is 1080 g/mol. The van der Waals surface area contributed by atoms with Gasteiger partial charge in [-0.2, -0.15) is 0 Å². The van der Waals surface area contributed by atoms with Crippen molar-refractivity contribution in [3.8, 4) is 0 Å². The molecule has 0 aromatic carbocycles. The van der Waals surface area contributed by atoms with Gasteiger partial charge in [-0.25, -0.2) is 0 Å². The fraction of sp³-hybridized carbons (Fsp3) is 0.887. The number of rotatable bonds is 65. The standard InChI is InChI=1S/C71H135NO5/c1-3-5-7-9-11-13-15-17-18-19-35-38-41-45-49-53-57-61-65-71(76)77-66-62-58-54-50-46-42-39-36-33-31-29-27-25-23-21-20-22-24-26-28-30-32-34-37-40-44-48-52-56-60-64-70(75)72-68(67-73)69(74)63-59-55-51-47-43-16-14-12-10-8-6-4-2/h18-19,21,23,59,63,68-69,73-74H,3-17,20,22,24-58,60-62,64-67H2,1-2H3,(H,72,75)/b19-18-,23-21-,63-59+. The van der Waals surface area contributed by atoms with Gasteiger partial charge in [-0.1, -0.05) is 320 Å². The van der Waals surface area contributed by atoms with E-state index in [9.17, 15) is 19.8 Å². The Morgan fingerprint density at radius 2 is 0.610 bits per heavy atom. The Labute approximate surface area is 481 Å². The summed E-state index contributed by atoms with van der Waals surface area (Å²) in [7, 11) is 0. The van der Waals surface area contributed by atoms with Crippen LogP contribution in [0.5, 0.6) is 0 Å². The molecule has 0 saturated carbocycles. The van der Waals surface area contributed by atoms with Crippen molar-refractivity contribution in [2.24, 2.45) is 0 Å². The molecule has 3 N–H and O–H groups in total. The molecule has 0 bridgehead atoms. The lowest BCUT2D eigenvalue weighted by Gasteiger charge is -2.20. The van der Waals surface area contributed by atoms with Crippen LogP contribution in [-0.2, 0) is 14.3 Å². The second-order valence-electron chi connectivity index (χ2n) is 23.9. The van der Waals surface area contributed by atoms with Gasteiger partial charge in [0.15, 0.2) is 0 Å². The second-order valence-corrected chi connectivity index (χ2v) is 23.9. The van der Waals surface area contributed by atoms with Gasteiger partial charge >= 0.3 is 5.97 Å². The molecule has 0 fully saturated rings. The van der Waals surface area contributed by atoms with Crippen LogP contribution in [0.2, 0.25) is 0 Å². The molecule has 0 saturated heterocycles. The largest absolute Gasteiger partial charge is 0.466 e. The van der Waals surface area contributed by atoms with Crippen LogP contribution in [0, 0.1) is 0 Å². The topological polar surface area (TPSA) is 95.9 Å². The smallest absolute Gasteiger partial charge is 0.305 e. The number of carbonyl (C=O) groups is 2. The second kappa shape index (κ2) is 66.6. The van der Waals surface area contributed by atoms with Crippen molar-refractivity contribution < 1.29 is 24.5 Å². The molecule has 77 heavy (non-hydrogen) atoms. The molecule has 0 rings (SSSR count). The van der Waals surface area contributed by atoms with E-state index in [1.807, 2.05) is 6.08 Å². The number of esters is 1. The molecular weight excluding hydrogens is 947 g/mol. The van der Waals surface area contributed by atoms with Crippen LogP contribution in [0.25, 0.3) is 0 Å². The van der Waals surface area contributed by atoms with E-state index in [0.29, 0.717) is 19.4 Å². The lowest BCUT2D eigenvalue weighted by molar-refractivity contribution is -0.143. The monoisotopic (exact) mass is 1080 g/mol. The summed E-state index contributed by atoms with van der Waals surface area (Å²) in [5.41, 5.74) is 0. The maximum absolute atomic E-state index is 12.4. The van der Waals surface area contributed by atoms with Crippen molar-refractivity contribution in [3.05, 3.63) is 36.5 Å². The highest BCUT2D eigenvalue weighted by molar-refractivity contribution is 5.76. The molecule has 0 aromatic heterocycles. The van der Waals surface area contributed by atoms with Crippen molar-refractivity contribution in [3.63, 3.8) is 0 Å². The summed E-state index contributed by atoms with van der Waals surface area (Å²) >= 11 is 0. The molecule has 454 valence electrons. The molecular formula is C71H135NO5. The number of carbonyl (C=O) groups excluding carboxylic acids is 2. The number of aliphatic hydroxyl groups is 2. The van der Waals surface area contributed by atoms with Gasteiger partial charge in [-0.3, -0.25) is 9.59 Å². The maximum Gasteiger partial charge on any atom is 0.305 e. The molecule has 0 aromatic rings. The maximum atomic E-state index is 12.4. The molecule has 0 aliphatic carbocycles. The first-order valence-electron chi connectivity index (χ1n) is 34.8. The van der Waals surface area contributed by atoms with Gasteiger partial charge < -0.3 is 20.3 Å². The van der Waals surface area contributed by atoms with Gasteiger partial charge in [0.25, 0.3) is 0 Å². The highest BCUT2D eigenvalue weighted by Gasteiger charge is 2.18. The van der Waals surface area contributed by atoms with E-state index in [4.69, 9.17) is 4.74 Å². The summed E-state index contributed by atoms with van der Waals surface area (Å²) in [6.45, 7) is 4.92. The predicted octanol–water partition coefficient (Wildman–Crippen LogP) is 22.3. The first-order valence-corrected chi connectivity index (χ1v) is 34.8. The summed E-state index contributed by atoms with van der Waals surface area (Å²) in [6, 6.07) is -0.626. The SMILES string of the molecule is CCCCCCCCC/C=C\CCCCCCCCCC(=O)OCCCCCCCCCCCCCC/C=C\CCCCCCCCCCCCCCCCC(=O)NC(CO)C(O)/C=C/CCCCCCCCCCCC. The van der Waals surface area contributed by atoms with Crippen LogP contribution in [0.1, 0.15) is 380 Å². The minimum atomic E-state index is -0.842. The quantitative estimate of drug-likeness (QED) is 0.0320. The number of nitrogens with one attached hydrogen (secondary N) is 1. The van der Waals surface area contributed by atoms with E-state index in [1.165, 1.54) is 308 Å². The first kappa shape index (κ1) is 75.1. The van der Waals surface area contributed by atoms with Crippen LogP contribution < -0.4 is 5.32 Å². The zero-order valence-corrected chi connectivity index (χ0v) is 52.0. The fourth-order valence-electron chi connectivity index (χ4n) is 10.8. The Morgan fingerprint density at radius 3 is 0.922 bits per heavy atom. The van der Waals surface area contributed by atoms with Gasteiger partial charge in [-0.05, 0) is 83.5 Å². The highest BCUT2D eigenvalue weighted by atomic mass is 16.5. The fourth-order valence-corrected chi connectivity index (χ4v) is 10.8. The van der Waals surface area contributed by atoms with Crippen molar-refractivity contribution in [1.82, 2.24) is 5.32 Å². The van der Waals surface area contributed by atoms with E-state index in [2.05, 4.69) is 43.5 Å². The van der Waals surface area contributed by atoms with E-state index in [-0.39, 0.29) is 18.5 Å². The van der Waals surface area contributed by atoms with Crippen LogP contribution in [0.4, 0.5) is 0 Å². The lowest BCUT2D eigenvalue weighted by atomic mass is 10.0. The third-order valence-electron chi connectivity index (χ3n) is 16.1. The molecule has 0 aliphatic rings. The van der Waals surface area contributed by atoms with Crippen molar-refractivity contribution in [2.45, 2.75) is 392 Å². The zero-order chi connectivity index (χ0) is 55.7. The third kappa shape index (κ3) is 63.1. The Bertz CT molecular complexity index is 1250. The predicted molar refractivity (Wildman–Crippen MR) is 338 cm³/mol. The van der Waals surface area contributed by atoms with E-state index in [1.54, 1.807) is 6.08 Å². The van der Waals surface area contributed by atoms with E-state index < -0.39 is 12.1 Å². The Hall–Kier alpha value is -1.92. The van der Waals surface area contributed by atoms with Gasteiger partial charge in [0.2, 0.25) is 5.91 Å². The summed E-state index contributed by atoms with van der Waals surface area (Å²) in [5.74, 6) is -0.0518. The van der Waals surface area contributed by atoms with Crippen molar-refractivity contribution in [2.75, 3.05) is 13.2 Å². The molecule has 2 unspecified atom stereocenters. The Morgan fingerprint density at radius 1 is 0.351 bits per heavy atom. The van der Waals surface area contributed by atoms with Crippen LogP contribution >= 0.6 is 0 Å². The number of hydrogen-bond donors (Lipinski definition) is 3. The first-order chi connectivity index (χ1) is 38.0. The highest BCUT2D eigenvalue weighted by Crippen LogP contribution is 2.18. The number of allylic oxidation sites excluding steroid dienone is 5. The number of hydrogen-bond acceptors (Lipinski definition) is 5. The van der Waals surface area contributed by atoms with Crippen LogP contribution in [-0.4, -0.2) is 47.4 Å². The number of aliphatic hydroxyl groups excluding tert-OH is 2. The molecule has 1 amide bonds. The summed E-state index contributed by atoms with van der Waals surface area (Å²) in [6.07, 6.45) is 85.1. The van der Waals surface area contributed by atoms with Gasteiger partial charge in [-0.15, -0.1) is 0 Å². The Kier molecular flexibility index (Phi) is 64.9. The normalized spacial score (nSPS) is 12.7. The van der Waals surface area contributed by atoms with Gasteiger partial charge in [0.05, 0.1) is 25.4 Å². The molecule has 2 atom stereocenters. The molecule has 0 aliphatic heterocycles. The number of amides is 1. The lowest BCUT2D eigenvalue weighted by Crippen LogP contribution is -2.45. The minimum Gasteiger partial charge on any atom is -0.466 e. The minimum absolute atomic E-state index is 0.0142. The molecule has 0 heterocycles. The molecule has 0 radical (unpaired) electrons. The third-order valence-corrected chi connectivity index (χ3v) is 16.1. The zero-order valence-electron chi connectivity index (χ0n) is 52.0. The van der Waals surface area contributed by atoms with Crippen molar-refractivity contribution in [1.29, 1.82) is 0 Å². The summed E-state index contributed by atoms with van der Waals surface area (Å²) < 4.78 is 5.50. The van der Waals surface area contributed by atoms with Gasteiger partial charge in [0.1, 0.15) is 0 Å².